The fourth-order valence-electron chi connectivity index (χ4n) is 1.62. The maximum Gasteiger partial charge on any atom is 0.155 e. The summed E-state index contributed by atoms with van der Waals surface area (Å²) >= 11 is 0. The third kappa shape index (κ3) is 2.52. The van der Waals surface area contributed by atoms with E-state index in [1.807, 2.05) is 0 Å². The van der Waals surface area contributed by atoms with E-state index < -0.39 is 0 Å². The largest absolute Gasteiger partial charge is 0.383 e. The van der Waals surface area contributed by atoms with Crippen molar-refractivity contribution in [3.63, 3.8) is 0 Å². The maximum absolute atomic E-state index is 5.84. The average molecular weight is 233 g/mol. The zero-order chi connectivity index (χ0) is 12.3. The monoisotopic (exact) mass is 233 g/mol. The molecule has 6 heteroatoms. The summed E-state index contributed by atoms with van der Waals surface area (Å²) in [7, 11) is 0. The Kier molecular flexibility index (Phi) is 3.22. The molecule has 0 amide bonds. The van der Waals surface area contributed by atoms with Crippen molar-refractivity contribution >= 4 is 11.6 Å². The van der Waals surface area contributed by atoms with Crippen LogP contribution in [0.5, 0.6) is 0 Å². The van der Waals surface area contributed by atoms with Gasteiger partial charge in [0.2, 0.25) is 0 Å². The predicted molar refractivity (Wildman–Crippen MR) is 64.4 cm³/mol. The van der Waals surface area contributed by atoms with Crippen molar-refractivity contribution in [2.75, 3.05) is 11.1 Å². The summed E-state index contributed by atoms with van der Waals surface area (Å²) in [4.78, 5) is 8.19. The van der Waals surface area contributed by atoms with Gasteiger partial charge in [-0.1, -0.05) is 19.0 Å². The third-order valence-corrected chi connectivity index (χ3v) is 2.41. The second-order valence-corrected chi connectivity index (χ2v) is 4.01. The summed E-state index contributed by atoms with van der Waals surface area (Å²) in [5.41, 5.74) is 6.77. The van der Waals surface area contributed by atoms with Crippen LogP contribution < -0.4 is 11.1 Å². The lowest BCUT2D eigenvalue weighted by Crippen LogP contribution is -2.09. The van der Waals surface area contributed by atoms with Crippen molar-refractivity contribution in [3.8, 4) is 0 Å². The van der Waals surface area contributed by atoms with Crippen molar-refractivity contribution in [2.24, 2.45) is 0 Å². The first kappa shape index (κ1) is 11.4. The Morgan fingerprint density at radius 2 is 2.24 bits per heavy atom. The highest BCUT2D eigenvalue weighted by Crippen LogP contribution is 2.26. The Bertz CT molecular complexity index is 481. The molecule has 6 nitrogen and oxygen atoms in total. The number of hydrogen-bond acceptors (Lipinski definition) is 6. The van der Waals surface area contributed by atoms with Crippen LogP contribution in [0.4, 0.5) is 11.6 Å². The van der Waals surface area contributed by atoms with Gasteiger partial charge in [0, 0.05) is 11.6 Å². The van der Waals surface area contributed by atoms with Gasteiger partial charge < -0.3 is 15.6 Å². The highest BCUT2D eigenvalue weighted by atomic mass is 16.5. The second-order valence-electron chi connectivity index (χ2n) is 4.01. The molecule has 2 aromatic rings. The zero-order valence-corrected chi connectivity index (χ0v) is 9.84. The quantitative estimate of drug-likeness (QED) is 0.836. The van der Waals surface area contributed by atoms with Crippen LogP contribution in [0.2, 0.25) is 0 Å². The molecule has 2 rings (SSSR count). The maximum atomic E-state index is 5.84. The number of nitrogens with zero attached hydrogens (tertiary/aromatic N) is 3. The van der Waals surface area contributed by atoms with Crippen LogP contribution in [0.25, 0.3) is 0 Å². The van der Waals surface area contributed by atoms with E-state index in [1.165, 1.54) is 6.33 Å². The fourth-order valence-corrected chi connectivity index (χ4v) is 1.62. The number of hydrogen-bond donors (Lipinski definition) is 2. The van der Waals surface area contributed by atoms with Crippen molar-refractivity contribution in [1.82, 2.24) is 15.1 Å². The molecule has 0 unspecified atom stereocenters. The zero-order valence-electron chi connectivity index (χ0n) is 9.84. The average Bonchev–Trinajstić information content (AvgIpc) is 2.78. The highest BCUT2D eigenvalue weighted by molar-refractivity contribution is 5.56. The van der Waals surface area contributed by atoms with E-state index in [4.69, 9.17) is 10.3 Å². The van der Waals surface area contributed by atoms with Crippen LogP contribution in [0.3, 0.4) is 0 Å². The number of nitrogens with one attached hydrogen (secondary N) is 1. The van der Waals surface area contributed by atoms with Crippen molar-refractivity contribution in [1.29, 1.82) is 0 Å². The number of aromatic nitrogens is 3. The molecule has 0 atom stereocenters. The lowest BCUT2D eigenvalue weighted by atomic mass is 10.0. The Labute approximate surface area is 99.2 Å². The summed E-state index contributed by atoms with van der Waals surface area (Å²) < 4.78 is 5.00. The van der Waals surface area contributed by atoms with Gasteiger partial charge in [0.25, 0.3) is 0 Å². The summed E-state index contributed by atoms with van der Waals surface area (Å²) in [6.07, 6.45) is 3.05. The highest BCUT2D eigenvalue weighted by Gasteiger charge is 2.12. The normalized spacial score (nSPS) is 10.8. The van der Waals surface area contributed by atoms with Crippen molar-refractivity contribution in [3.05, 3.63) is 29.9 Å². The van der Waals surface area contributed by atoms with E-state index in [-0.39, 0.29) is 5.92 Å². The molecule has 0 fully saturated rings. The van der Waals surface area contributed by atoms with E-state index in [0.29, 0.717) is 12.4 Å². The molecule has 0 aliphatic heterocycles. The van der Waals surface area contributed by atoms with E-state index in [2.05, 4.69) is 34.3 Å². The molecule has 17 heavy (non-hydrogen) atoms. The third-order valence-electron chi connectivity index (χ3n) is 2.41. The van der Waals surface area contributed by atoms with Crippen molar-refractivity contribution < 1.29 is 4.52 Å². The second kappa shape index (κ2) is 4.82. The smallest absolute Gasteiger partial charge is 0.155 e. The van der Waals surface area contributed by atoms with Crippen LogP contribution in [-0.4, -0.2) is 15.1 Å². The first-order chi connectivity index (χ1) is 8.18. The van der Waals surface area contributed by atoms with Gasteiger partial charge in [-0.2, -0.15) is 0 Å². The van der Waals surface area contributed by atoms with Gasteiger partial charge in [-0.15, -0.1) is 0 Å². The molecule has 3 N–H and O–H groups in total. The summed E-state index contributed by atoms with van der Waals surface area (Å²) in [5, 5.41) is 6.81. The molecule has 2 heterocycles. The predicted octanol–water partition coefficient (Wildman–Crippen LogP) is 1.78. The molecule has 0 aliphatic rings. The van der Waals surface area contributed by atoms with Crippen LogP contribution in [-0.2, 0) is 6.54 Å². The number of nitrogens with two attached hydrogens (primary N) is 1. The van der Waals surface area contributed by atoms with Crippen LogP contribution in [0.15, 0.2) is 23.1 Å². The van der Waals surface area contributed by atoms with Gasteiger partial charge >= 0.3 is 0 Å². The molecule has 2 aromatic heterocycles. The van der Waals surface area contributed by atoms with Gasteiger partial charge in [-0.3, -0.25) is 0 Å². The minimum absolute atomic E-state index is 0.258. The van der Waals surface area contributed by atoms with Gasteiger partial charge in [-0.25, -0.2) is 9.97 Å². The van der Waals surface area contributed by atoms with Gasteiger partial charge in [-0.05, 0) is 5.92 Å². The molecule has 0 saturated carbocycles. The van der Waals surface area contributed by atoms with E-state index in [9.17, 15) is 0 Å². The molecule has 0 spiro atoms. The fraction of sp³-hybridized carbons (Fsp3) is 0.364. The number of nitrogen functional groups attached to an aromatic ring is 1. The lowest BCUT2D eigenvalue weighted by Gasteiger charge is -2.13. The number of rotatable bonds is 4. The van der Waals surface area contributed by atoms with Crippen LogP contribution >= 0.6 is 0 Å². The van der Waals surface area contributed by atoms with Crippen LogP contribution in [0, 0.1) is 0 Å². The molecule has 90 valence electrons. The SMILES string of the molecule is CC(C)c1c(N)ncnc1NCc1ccno1. The molecule has 0 radical (unpaired) electrons. The molecule has 0 aliphatic carbocycles. The standard InChI is InChI=1S/C11H15N5O/c1-7(2)9-10(12)14-6-15-11(9)13-5-8-3-4-16-17-8/h3-4,6-7H,5H2,1-2H3,(H3,12,13,14,15). The molecule has 0 bridgehead atoms. The topological polar surface area (TPSA) is 89.9 Å². The van der Waals surface area contributed by atoms with E-state index in [0.717, 1.165) is 17.1 Å². The summed E-state index contributed by atoms with van der Waals surface area (Å²) in [5.74, 6) is 2.25. The van der Waals surface area contributed by atoms with Gasteiger partial charge in [0.15, 0.2) is 5.76 Å². The van der Waals surface area contributed by atoms with E-state index in [1.54, 1.807) is 12.3 Å². The number of anilines is 2. The Balaban J connectivity index is 2.18. The minimum Gasteiger partial charge on any atom is -0.383 e. The molecular weight excluding hydrogens is 218 g/mol. The molecule has 0 saturated heterocycles. The minimum atomic E-state index is 0.258. The Morgan fingerprint density at radius 1 is 1.41 bits per heavy atom. The Hall–Kier alpha value is -2.11. The summed E-state index contributed by atoms with van der Waals surface area (Å²) in [6, 6.07) is 1.80. The Morgan fingerprint density at radius 3 is 2.88 bits per heavy atom. The molecular formula is C11H15N5O. The first-order valence-electron chi connectivity index (χ1n) is 5.42. The summed E-state index contributed by atoms with van der Waals surface area (Å²) in [6.45, 7) is 4.62. The lowest BCUT2D eigenvalue weighted by molar-refractivity contribution is 0.388. The molecule has 0 aromatic carbocycles. The van der Waals surface area contributed by atoms with Gasteiger partial charge in [0.1, 0.15) is 18.0 Å². The van der Waals surface area contributed by atoms with E-state index >= 15 is 0 Å². The van der Waals surface area contributed by atoms with Crippen molar-refractivity contribution in [2.45, 2.75) is 26.3 Å². The van der Waals surface area contributed by atoms with Gasteiger partial charge in [0.05, 0.1) is 12.7 Å². The van der Waals surface area contributed by atoms with Crippen LogP contribution in [0.1, 0.15) is 31.1 Å². The first-order valence-corrected chi connectivity index (χ1v) is 5.42.